The number of anilines is 1. The van der Waals surface area contributed by atoms with E-state index in [0.717, 1.165) is 11.2 Å². The summed E-state index contributed by atoms with van der Waals surface area (Å²) in [4.78, 5) is 25.6. The molecular weight excluding hydrogens is 330 g/mol. The minimum absolute atomic E-state index is 0.110. The Morgan fingerprint density at radius 1 is 1.19 bits per heavy atom. The van der Waals surface area contributed by atoms with E-state index in [9.17, 15) is 9.59 Å². The summed E-state index contributed by atoms with van der Waals surface area (Å²) >= 11 is 0. The van der Waals surface area contributed by atoms with Gasteiger partial charge in [0.05, 0.1) is 22.6 Å². The highest BCUT2D eigenvalue weighted by Crippen LogP contribution is 2.22. The molecule has 0 aliphatic rings. The van der Waals surface area contributed by atoms with Gasteiger partial charge in [-0.25, -0.2) is 0 Å². The topological polar surface area (TPSA) is 81.8 Å². The summed E-state index contributed by atoms with van der Waals surface area (Å²) in [6, 6.07) is 7.36. The van der Waals surface area contributed by atoms with E-state index in [4.69, 9.17) is 0 Å². The SMILES string of the molecule is CCn1nc(C(=O)Nc2c(C)nn(C(C)C)c2C)c(=O)c2ccccc21. The van der Waals surface area contributed by atoms with Crippen molar-refractivity contribution >= 4 is 22.5 Å². The molecule has 136 valence electrons. The molecule has 0 saturated heterocycles. The molecule has 0 aliphatic carbocycles. The van der Waals surface area contributed by atoms with Crippen molar-refractivity contribution in [1.82, 2.24) is 19.6 Å². The Morgan fingerprint density at radius 2 is 1.88 bits per heavy atom. The Balaban J connectivity index is 2.07. The Morgan fingerprint density at radius 3 is 2.50 bits per heavy atom. The van der Waals surface area contributed by atoms with Gasteiger partial charge in [0.1, 0.15) is 0 Å². The number of nitrogens with one attached hydrogen (secondary N) is 1. The van der Waals surface area contributed by atoms with Crippen molar-refractivity contribution in [3.05, 3.63) is 51.6 Å². The summed E-state index contributed by atoms with van der Waals surface area (Å²) < 4.78 is 3.52. The number of fused-ring (bicyclic) bond motifs is 1. The zero-order valence-corrected chi connectivity index (χ0v) is 15.7. The minimum atomic E-state index is -0.516. The first-order valence-corrected chi connectivity index (χ1v) is 8.72. The molecule has 0 radical (unpaired) electrons. The first-order chi connectivity index (χ1) is 12.3. The number of benzene rings is 1. The number of aromatic nitrogens is 4. The number of carbonyl (C=O) groups is 1. The molecule has 0 unspecified atom stereocenters. The van der Waals surface area contributed by atoms with Crippen LogP contribution in [0.4, 0.5) is 5.69 Å². The fourth-order valence-corrected chi connectivity index (χ4v) is 3.15. The third-order valence-corrected chi connectivity index (χ3v) is 4.43. The first kappa shape index (κ1) is 17.8. The van der Waals surface area contributed by atoms with Crippen LogP contribution in [0.5, 0.6) is 0 Å². The summed E-state index contributed by atoms with van der Waals surface area (Å²) in [7, 11) is 0. The second-order valence-corrected chi connectivity index (χ2v) is 6.55. The fourth-order valence-electron chi connectivity index (χ4n) is 3.15. The number of aryl methyl sites for hydroxylation is 2. The van der Waals surface area contributed by atoms with E-state index in [2.05, 4.69) is 15.5 Å². The van der Waals surface area contributed by atoms with E-state index in [1.54, 1.807) is 16.8 Å². The highest BCUT2D eigenvalue weighted by molar-refractivity contribution is 6.04. The molecule has 2 aromatic heterocycles. The van der Waals surface area contributed by atoms with Crippen molar-refractivity contribution in [2.45, 2.75) is 47.2 Å². The van der Waals surface area contributed by atoms with E-state index in [-0.39, 0.29) is 17.2 Å². The van der Waals surface area contributed by atoms with E-state index >= 15 is 0 Å². The lowest BCUT2D eigenvalue weighted by Gasteiger charge is -2.11. The van der Waals surface area contributed by atoms with Gasteiger partial charge in [-0.2, -0.15) is 10.2 Å². The standard InChI is InChI=1S/C19H23N5O2/c1-6-23-15-10-8-7-9-14(15)18(25)17(22-23)19(26)20-16-12(4)21-24(11(2)3)13(16)5/h7-11H,6H2,1-5H3,(H,20,26). The molecule has 2 heterocycles. The molecule has 1 N–H and O–H groups in total. The van der Waals surface area contributed by atoms with Gasteiger partial charge in [-0.15, -0.1) is 0 Å². The zero-order chi connectivity index (χ0) is 19.0. The van der Waals surface area contributed by atoms with Crippen molar-refractivity contribution in [1.29, 1.82) is 0 Å². The molecule has 0 saturated carbocycles. The number of hydrogen-bond donors (Lipinski definition) is 1. The average molecular weight is 353 g/mol. The third kappa shape index (κ3) is 2.89. The molecule has 26 heavy (non-hydrogen) atoms. The molecule has 0 aliphatic heterocycles. The maximum atomic E-state index is 12.8. The van der Waals surface area contributed by atoms with Gasteiger partial charge >= 0.3 is 0 Å². The lowest BCUT2D eigenvalue weighted by Crippen LogP contribution is -2.27. The second kappa shape index (κ2) is 6.74. The Kier molecular flexibility index (Phi) is 4.63. The molecule has 1 aromatic carbocycles. The molecule has 7 nitrogen and oxygen atoms in total. The molecule has 0 fully saturated rings. The van der Waals surface area contributed by atoms with Gasteiger partial charge in [-0.3, -0.25) is 19.0 Å². The van der Waals surface area contributed by atoms with Gasteiger partial charge in [0.25, 0.3) is 5.91 Å². The van der Waals surface area contributed by atoms with Crippen molar-refractivity contribution < 1.29 is 4.79 Å². The molecule has 3 rings (SSSR count). The molecule has 0 bridgehead atoms. The molecule has 3 aromatic rings. The monoisotopic (exact) mass is 353 g/mol. The fraction of sp³-hybridized carbons (Fsp3) is 0.368. The summed E-state index contributed by atoms with van der Waals surface area (Å²) in [5, 5.41) is 12.1. The Hall–Kier alpha value is -2.96. The normalized spacial score (nSPS) is 11.3. The van der Waals surface area contributed by atoms with E-state index in [0.29, 0.717) is 23.3 Å². The van der Waals surface area contributed by atoms with Crippen molar-refractivity contribution in [2.75, 3.05) is 5.32 Å². The molecule has 0 spiro atoms. The van der Waals surface area contributed by atoms with Gasteiger partial charge in [-0.1, -0.05) is 12.1 Å². The predicted molar refractivity (Wildman–Crippen MR) is 102 cm³/mol. The van der Waals surface area contributed by atoms with Crippen LogP contribution in [-0.4, -0.2) is 25.5 Å². The molecular formula is C19H23N5O2. The van der Waals surface area contributed by atoms with Crippen LogP contribution in [0.15, 0.2) is 29.1 Å². The summed E-state index contributed by atoms with van der Waals surface area (Å²) in [6.07, 6.45) is 0. The van der Waals surface area contributed by atoms with Crippen molar-refractivity contribution in [3.63, 3.8) is 0 Å². The quantitative estimate of drug-likeness (QED) is 0.781. The largest absolute Gasteiger partial charge is 0.317 e. The van der Waals surface area contributed by atoms with Crippen molar-refractivity contribution in [2.24, 2.45) is 0 Å². The second-order valence-electron chi connectivity index (χ2n) is 6.55. The van der Waals surface area contributed by atoms with Gasteiger partial charge in [-0.05, 0) is 46.8 Å². The van der Waals surface area contributed by atoms with E-state index in [1.807, 2.05) is 51.4 Å². The summed E-state index contributed by atoms with van der Waals surface area (Å²) in [6.45, 7) is 10.3. The van der Waals surface area contributed by atoms with Crippen LogP contribution >= 0.6 is 0 Å². The number of carbonyl (C=O) groups excluding carboxylic acids is 1. The summed E-state index contributed by atoms with van der Waals surface area (Å²) in [5.41, 5.74) is 2.43. The molecule has 0 atom stereocenters. The number of amides is 1. The van der Waals surface area contributed by atoms with Crippen LogP contribution in [-0.2, 0) is 6.54 Å². The van der Waals surface area contributed by atoms with Gasteiger partial charge in [0, 0.05) is 18.0 Å². The third-order valence-electron chi connectivity index (χ3n) is 4.43. The van der Waals surface area contributed by atoms with Crippen LogP contribution < -0.4 is 10.7 Å². The number of nitrogens with zero attached hydrogens (tertiary/aromatic N) is 4. The average Bonchev–Trinajstić information content (AvgIpc) is 2.90. The maximum Gasteiger partial charge on any atom is 0.280 e. The zero-order valence-electron chi connectivity index (χ0n) is 15.7. The van der Waals surface area contributed by atoms with Gasteiger partial charge in [0.15, 0.2) is 5.69 Å². The van der Waals surface area contributed by atoms with Gasteiger partial charge < -0.3 is 5.32 Å². The van der Waals surface area contributed by atoms with Crippen LogP contribution in [0, 0.1) is 13.8 Å². The van der Waals surface area contributed by atoms with E-state index in [1.165, 1.54) is 0 Å². The first-order valence-electron chi connectivity index (χ1n) is 8.72. The highest BCUT2D eigenvalue weighted by Gasteiger charge is 2.21. The highest BCUT2D eigenvalue weighted by atomic mass is 16.2. The van der Waals surface area contributed by atoms with Gasteiger partial charge in [0.2, 0.25) is 5.43 Å². The minimum Gasteiger partial charge on any atom is -0.317 e. The Labute approximate surface area is 151 Å². The van der Waals surface area contributed by atoms with Crippen LogP contribution in [0.2, 0.25) is 0 Å². The van der Waals surface area contributed by atoms with Crippen LogP contribution in [0.1, 0.15) is 48.7 Å². The summed E-state index contributed by atoms with van der Waals surface area (Å²) in [5.74, 6) is -0.516. The van der Waals surface area contributed by atoms with Crippen LogP contribution in [0.25, 0.3) is 10.9 Å². The maximum absolute atomic E-state index is 12.8. The number of para-hydroxylation sites is 1. The number of hydrogen-bond acceptors (Lipinski definition) is 4. The number of rotatable bonds is 4. The smallest absolute Gasteiger partial charge is 0.280 e. The lowest BCUT2D eigenvalue weighted by atomic mass is 10.2. The Bertz CT molecular complexity index is 1050. The molecule has 7 heteroatoms. The van der Waals surface area contributed by atoms with E-state index < -0.39 is 5.91 Å². The molecule has 1 amide bonds. The lowest BCUT2D eigenvalue weighted by molar-refractivity contribution is 0.101. The van der Waals surface area contributed by atoms with Crippen LogP contribution in [0.3, 0.4) is 0 Å². The predicted octanol–water partition coefficient (Wildman–Crippen LogP) is 3.06. The van der Waals surface area contributed by atoms with Crippen molar-refractivity contribution in [3.8, 4) is 0 Å².